The molecule has 0 amide bonds. The number of fused-ring (bicyclic) bond motifs is 1. The first-order valence-corrected chi connectivity index (χ1v) is 9.42. The number of rotatable bonds is 2. The van der Waals surface area contributed by atoms with Gasteiger partial charge in [0.1, 0.15) is 17.4 Å². The molecule has 1 aliphatic carbocycles. The molecule has 4 heteroatoms. The number of aliphatic hydroxyl groups excluding tert-OH is 1. The van der Waals surface area contributed by atoms with E-state index in [9.17, 15) is 15.0 Å². The summed E-state index contributed by atoms with van der Waals surface area (Å²) in [5, 5.41) is 29.3. The second-order valence-electron chi connectivity index (χ2n) is 8.78. The Morgan fingerprint density at radius 2 is 1.64 bits per heavy atom. The Labute approximate surface area is 165 Å². The molecular weight excluding hydrogens is 352 g/mol. The Bertz CT molecular complexity index is 989. The summed E-state index contributed by atoms with van der Waals surface area (Å²) in [4.78, 5) is 11.0. The molecule has 0 heterocycles. The maximum absolute atomic E-state index is 11.0. The highest BCUT2D eigenvalue weighted by Crippen LogP contribution is 2.46. The fourth-order valence-electron chi connectivity index (χ4n) is 3.80. The molecule has 0 bridgehead atoms. The van der Waals surface area contributed by atoms with Crippen LogP contribution in [-0.4, -0.2) is 21.3 Å². The van der Waals surface area contributed by atoms with Gasteiger partial charge in [-0.15, -0.1) is 0 Å². The Kier molecular flexibility index (Phi) is 4.99. The van der Waals surface area contributed by atoms with Crippen molar-refractivity contribution in [1.29, 1.82) is 0 Å². The van der Waals surface area contributed by atoms with Crippen LogP contribution in [0, 0.1) is 11.8 Å². The second kappa shape index (κ2) is 7.00. The summed E-state index contributed by atoms with van der Waals surface area (Å²) in [6.45, 7) is 8.97. The number of aromatic hydroxyl groups is 1. The Balaban J connectivity index is 1.91. The second-order valence-corrected chi connectivity index (χ2v) is 8.78. The van der Waals surface area contributed by atoms with Crippen molar-refractivity contribution in [1.82, 2.24) is 0 Å². The average molecular weight is 378 g/mol. The molecule has 4 nitrogen and oxygen atoms in total. The standard InChI is InChI=1S/C24H26O4/c1-23(2)11-12-24(3,4)19-14-16(7-9-18(19)23)20(25)10-6-15-5-8-17(22(27)28)21(26)13-15/h5,7-9,13-14,20,25-26H,11-12H2,1-4H3,(H,27,28). The minimum absolute atomic E-state index is 0.0481. The van der Waals surface area contributed by atoms with Crippen LogP contribution in [-0.2, 0) is 10.8 Å². The first-order valence-electron chi connectivity index (χ1n) is 9.42. The highest BCUT2D eigenvalue weighted by atomic mass is 16.4. The first-order chi connectivity index (χ1) is 13.0. The van der Waals surface area contributed by atoms with Gasteiger partial charge in [-0.2, -0.15) is 0 Å². The minimum Gasteiger partial charge on any atom is -0.507 e. The summed E-state index contributed by atoms with van der Waals surface area (Å²) in [5.74, 6) is 4.07. The van der Waals surface area contributed by atoms with Crippen molar-refractivity contribution in [3.63, 3.8) is 0 Å². The Morgan fingerprint density at radius 3 is 2.25 bits per heavy atom. The first kappa shape index (κ1) is 20.0. The van der Waals surface area contributed by atoms with E-state index in [4.69, 9.17) is 5.11 Å². The predicted octanol–water partition coefficient (Wildman–Crippen LogP) is 4.52. The molecule has 0 radical (unpaired) electrons. The molecule has 0 fully saturated rings. The van der Waals surface area contributed by atoms with Crippen LogP contribution in [0.15, 0.2) is 36.4 Å². The van der Waals surface area contributed by atoms with Crippen LogP contribution in [0.4, 0.5) is 0 Å². The van der Waals surface area contributed by atoms with Gasteiger partial charge in [-0.05, 0) is 58.6 Å². The van der Waals surface area contributed by atoms with E-state index in [0.717, 1.165) is 18.4 Å². The number of carbonyl (C=O) groups is 1. The van der Waals surface area contributed by atoms with E-state index in [1.165, 1.54) is 29.3 Å². The van der Waals surface area contributed by atoms with Gasteiger partial charge in [-0.25, -0.2) is 4.79 Å². The average Bonchev–Trinajstić information content (AvgIpc) is 2.63. The van der Waals surface area contributed by atoms with Crippen molar-refractivity contribution in [3.05, 3.63) is 64.2 Å². The zero-order chi connectivity index (χ0) is 20.7. The summed E-state index contributed by atoms with van der Waals surface area (Å²) < 4.78 is 0. The molecule has 146 valence electrons. The third kappa shape index (κ3) is 3.76. The van der Waals surface area contributed by atoms with Crippen molar-refractivity contribution in [2.45, 2.75) is 57.5 Å². The van der Waals surface area contributed by atoms with Gasteiger partial charge < -0.3 is 15.3 Å². The molecule has 3 rings (SSSR count). The smallest absolute Gasteiger partial charge is 0.339 e. The van der Waals surface area contributed by atoms with Crippen LogP contribution in [0.5, 0.6) is 5.75 Å². The molecule has 2 aromatic rings. The normalized spacial score (nSPS) is 17.8. The number of aromatic carboxylic acids is 1. The maximum Gasteiger partial charge on any atom is 0.339 e. The van der Waals surface area contributed by atoms with Gasteiger partial charge in [0, 0.05) is 5.56 Å². The lowest BCUT2D eigenvalue weighted by Gasteiger charge is -2.42. The summed E-state index contributed by atoms with van der Waals surface area (Å²) >= 11 is 0. The molecule has 0 saturated heterocycles. The summed E-state index contributed by atoms with van der Waals surface area (Å²) in [6, 6.07) is 10.2. The SMILES string of the molecule is CC1(C)CCC(C)(C)c2cc(C(O)C#Cc3ccc(C(=O)O)c(O)c3)ccc21. The third-order valence-corrected chi connectivity index (χ3v) is 5.77. The largest absolute Gasteiger partial charge is 0.507 e. The number of hydrogen-bond acceptors (Lipinski definition) is 3. The molecule has 0 aromatic heterocycles. The maximum atomic E-state index is 11.0. The van der Waals surface area contributed by atoms with Crippen molar-refractivity contribution in [2.75, 3.05) is 0 Å². The van der Waals surface area contributed by atoms with Gasteiger partial charge in [0.2, 0.25) is 0 Å². The molecule has 1 atom stereocenters. The van der Waals surface area contributed by atoms with Crippen molar-refractivity contribution in [3.8, 4) is 17.6 Å². The fraction of sp³-hybridized carbons (Fsp3) is 0.375. The summed E-state index contributed by atoms with van der Waals surface area (Å²) in [5.41, 5.74) is 3.75. The highest BCUT2D eigenvalue weighted by Gasteiger charge is 2.37. The van der Waals surface area contributed by atoms with Gasteiger partial charge >= 0.3 is 5.97 Å². The van der Waals surface area contributed by atoms with Crippen molar-refractivity contribution >= 4 is 5.97 Å². The molecule has 0 aliphatic heterocycles. The van der Waals surface area contributed by atoms with Crippen LogP contribution in [0.2, 0.25) is 0 Å². The third-order valence-electron chi connectivity index (χ3n) is 5.77. The van der Waals surface area contributed by atoms with E-state index in [1.807, 2.05) is 6.07 Å². The predicted molar refractivity (Wildman–Crippen MR) is 109 cm³/mol. The van der Waals surface area contributed by atoms with Crippen LogP contribution < -0.4 is 0 Å². The lowest BCUT2D eigenvalue weighted by Crippen LogP contribution is -2.34. The van der Waals surface area contributed by atoms with Crippen LogP contribution in [0.3, 0.4) is 0 Å². The van der Waals surface area contributed by atoms with E-state index >= 15 is 0 Å². The van der Waals surface area contributed by atoms with Gasteiger partial charge in [0.15, 0.2) is 0 Å². The van der Waals surface area contributed by atoms with Gasteiger partial charge in [-0.3, -0.25) is 0 Å². The fourth-order valence-corrected chi connectivity index (χ4v) is 3.80. The molecular formula is C24H26O4. The molecule has 28 heavy (non-hydrogen) atoms. The Morgan fingerprint density at radius 1 is 1.00 bits per heavy atom. The van der Waals surface area contributed by atoms with E-state index in [2.05, 4.69) is 51.7 Å². The number of aliphatic hydroxyl groups is 1. The van der Waals surface area contributed by atoms with Crippen LogP contribution >= 0.6 is 0 Å². The molecule has 2 aromatic carbocycles. The zero-order valence-corrected chi connectivity index (χ0v) is 16.7. The lowest BCUT2D eigenvalue weighted by atomic mass is 9.63. The van der Waals surface area contributed by atoms with Crippen molar-refractivity contribution in [2.24, 2.45) is 0 Å². The highest BCUT2D eigenvalue weighted by molar-refractivity contribution is 5.90. The zero-order valence-electron chi connectivity index (χ0n) is 16.7. The lowest BCUT2D eigenvalue weighted by molar-refractivity contribution is 0.0693. The van der Waals surface area contributed by atoms with E-state index in [0.29, 0.717) is 5.56 Å². The quantitative estimate of drug-likeness (QED) is 0.671. The minimum atomic E-state index is -1.20. The number of benzene rings is 2. The summed E-state index contributed by atoms with van der Waals surface area (Å²) in [7, 11) is 0. The Hall–Kier alpha value is -2.77. The number of carboxylic acids is 1. The molecule has 3 N–H and O–H groups in total. The van der Waals surface area contributed by atoms with Gasteiger partial charge in [0.05, 0.1) is 0 Å². The van der Waals surface area contributed by atoms with E-state index < -0.39 is 12.1 Å². The monoisotopic (exact) mass is 378 g/mol. The van der Waals surface area contributed by atoms with Crippen LogP contribution in [0.25, 0.3) is 0 Å². The van der Waals surface area contributed by atoms with Gasteiger partial charge in [0.25, 0.3) is 0 Å². The molecule has 0 spiro atoms. The van der Waals surface area contributed by atoms with E-state index in [1.54, 1.807) is 0 Å². The number of carboxylic acid groups (broad SMARTS) is 1. The molecule has 1 unspecified atom stereocenters. The molecule has 1 aliphatic rings. The van der Waals surface area contributed by atoms with Crippen LogP contribution in [0.1, 0.15) is 79.3 Å². The van der Waals surface area contributed by atoms with Gasteiger partial charge in [-0.1, -0.05) is 57.7 Å². The number of hydrogen-bond donors (Lipinski definition) is 3. The number of phenols is 1. The summed E-state index contributed by atoms with van der Waals surface area (Å²) in [6.07, 6.45) is 1.25. The topological polar surface area (TPSA) is 77.8 Å². The van der Waals surface area contributed by atoms with Crippen molar-refractivity contribution < 1.29 is 20.1 Å². The van der Waals surface area contributed by atoms with E-state index in [-0.39, 0.29) is 22.1 Å². The molecule has 0 saturated carbocycles.